The molecule has 1 aromatic carbocycles. The van der Waals surface area contributed by atoms with Crippen molar-refractivity contribution in [1.82, 2.24) is 9.80 Å². The largest absolute Gasteiger partial charge is 0.501 e. The minimum atomic E-state index is -5.66. The summed E-state index contributed by atoms with van der Waals surface area (Å²) in [5.41, 5.74) is -6.26. The first-order valence-corrected chi connectivity index (χ1v) is 10.6. The third kappa shape index (κ3) is 5.37. The highest BCUT2D eigenvalue weighted by atomic mass is 32.2. The number of nitro groups is 1. The van der Waals surface area contributed by atoms with Gasteiger partial charge in [-0.1, -0.05) is 13.8 Å². The van der Waals surface area contributed by atoms with Crippen molar-refractivity contribution in [2.75, 3.05) is 45.1 Å². The summed E-state index contributed by atoms with van der Waals surface area (Å²) >= 11 is 0. The second-order valence-corrected chi connectivity index (χ2v) is 9.36. The van der Waals surface area contributed by atoms with E-state index in [9.17, 15) is 31.7 Å². The Balaban J connectivity index is 2.24. The Morgan fingerprint density at radius 1 is 1.21 bits per heavy atom. The molecule has 1 N–H and O–H groups in total. The number of likely N-dealkylation sites (N-methyl/N-ethyl adjacent to an activating group) is 1. The Hall–Kier alpha value is -1.92. The summed E-state index contributed by atoms with van der Waals surface area (Å²) in [5.74, 6) is 0.231. The van der Waals surface area contributed by atoms with Crippen LogP contribution in [0.3, 0.4) is 0 Å². The molecule has 1 aromatic rings. The fourth-order valence-corrected chi connectivity index (χ4v) is 4.05. The molecule has 1 fully saturated rings. The van der Waals surface area contributed by atoms with Crippen molar-refractivity contribution in [3.05, 3.63) is 28.3 Å². The van der Waals surface area contributed by atoms with Crippen LogP contribution >= 0.6 is 0 Å². The molecular formula is C17H25F3N4O4S. The molecule has 164 valence electrons. The van der Waals surface area contributed by atoms with Crippen LogP contribution in [-0.4, -0.2) is 74.5 Å². The Labute approximate surface area is 167 Å². The number of sulfone groups is 1. The number of anilines is 1. The van der Waals surface area contributed by atoms with E-state index in [0.29, 0.717) is 12.6 Å². The average Bonchev–Trinajstić information content (AvgIpc) is 2.62. The Morgan fingerprint density at radius 3 is 2.28 bits per heavy atom. The molecule has 1 aliphatic heterocycles. The molecule has 0 spiro atoms. The van der Waals surface area contributed by atoms with Gasteiger partial charge in [0.1, 0.15) is 5.69 Å². The van der Waals surface area contributed by atoms with Crippen LogP contribution < -0.4 is 5.32 Å². The fourth-order valence-electron chi connectivity index (χ4n) is 3.27. The lowest BCUT2D eigenvalue weighted by Gasteiger charge is -2.40. The first-order valence-electron chi connectivity index (χ1n) is 9.11. The van der Waals surface area contributed by atoms with Crippen LogP contribution in [-0.2, 0) is 9.84 Å². The van der Waals surface area contributed by atoms with E-state index in [4.69, 9.17) is 0 Å². The van der Waals surface area contributed by atoms with Gasteiger partial charge in [-0.25, -0.2) is 8.42 Å². The van der Waals surface area contributed by atoms with Crippen molar-refractivity contribution < 1.29 is 26.5 Å². The summed E-state index contributed by atoms with van der Waals surface area (Å²) in [6, 6.07) is 2.25. The molecule has 1 unspecified atom stereocenters. The second kappa shape index (κ2) is 8.84. The number of nitrogens with one attached hydrogen (secondary N) is 1. The number of benzene rings is 1. The van der Waals surface area contributed by atoms with Crippen molar-refractivity contribution in [2.24, 2.45) is 5.92 Å². The molecule has 0 bridgehead atoms. The molecule has 1 saturated heterocycles. The van der Waals surface area contributed by atoms with Crippen LogP contribution in [0.1, 0.15) is 13.8 Å². The molecule has 0 aliphatic carbocycles. The van der Waals surface area contributed by atoms with Gasteiger partial charge in [-0.2, -0.15) is 13.2 Å². The predicted molar refractivity (Wildman–Crippen MR) is 103 cm³/mol. The van der Waals surface area contributed by atoms with Crippen LogP contribution in [0.2, 0.25) is 0 Å². The van der Waals surface area contributed by atoms with Gasteiger partial charge in [0, 0.05) is 44.8 Å². The maximum Gasteiger partial charge on any atom is 0.501 e. The van der Waals surface area contributed by atoms with Gasteiger partial charge in [0.05, 0.1) is 9.82 Å². The molecule has 0 aromatic heterocycles. The van der Waals surface area contributed by atoms with Crippen molar-refractivity contribution in [1.29, 1.82) is 0 Å². The summed E-state index contributed by atoms with van der Waals surface area (Å²) in [5, 5.41) is 14.3. The number of hydrogen-bond acceptors (Lipinski definition) is 7. The molecule has 29 heavy (non-hydrogen) atoms. The number of hydrogen-bond donors (Lipinski definition) is 1. The molecule has 1 aliphatic rings. The number of alkyl halides is 3. The highest BCUT2D eigenvalue weighted by Crippen LogP contribution is 2.34. The summed E-state index contributed by atoms with van der Waals surface area (Å²) < 4.78 is 61.3. The molecule has 12 heteroatoms. The molecule has 2 rings (SSSR count). The van der Waals surface area contributed by atoms with Crippen molar-refractivity contribution in [3.63, 3.8) is 0 Å². The van der Waals surface area contributed by atoms with Gasteiger partial charge in [0.2, 0.25) is 0 Å². The van der Waals surface area contributed by atoms with E-state index in [1.165, 1.54) is 0 Å². The maximum absolute atomic E-state index is 12.7. The van der Waals surface area contributed by atoms with Gasteiger partial charge >= 0.3 is 5.51 Å². The van der Waals surface area contributed by atoms with Crippen molar-refractivity contribution >= 4 is 21.2 Å². The first kappa shape index (κ1) is 23.4. The zero-order chi connectivity index (χ0) is 22.0. The molecule has 8 nitrogen and oxygen atoms in total. The Kier molecular flexibility index (Phi) is 7.12. The number of halogens is 3. The molecule has 0 saturated carbocycles. The van der Waals surface area contributed by atoms with Crippen LogP contribution in [0.15, 0.2) is 23.1 Å². The van der Waals surface area contributed by atoms with E-state index >= 15 is 0 Å². The zero-order valence-corrected chi connectivity index (χ0v) is 17.3. The van der Waals surface area contributed by atoms with Crippen LogP contribution in [0.4, 0.5) is 24.5 Å². The lowest BCUT2D eigenvalue weighted by Crippen LogP contribution is -2.52. The Bertz CT molecular complexity index is 838. The lowest BCUT2D eigenvalue weighted by atomic mass is 10.0. The number of nitro benzene ring substituents is 1. The summed E-state index contributed by atoms with van der Waals surface area (Å²) in [4.78, 5) is 13.8. The van der Waals surface area contributed by atoms with E-state index < -0.39 is 30.9 Å². The highest BCUT2D eigenvalue weighted by molar-refractivity contribution is 7.92. The molecule has 0 radical (unpaired) electrons. The summed E-state index contributed by atoms with van der Waals surface area (Å²) in [7, 11) is -3.63. The third-order valence-electron chi connectivity index (χ3n) is 5.06. The smallest absolute Gasteiger partial charge is 0.378 e. The highest BCUT2D eigenvalue weighted by Gasteiger charge is 2.47. The second-order valence-electron chi connectivity index (χ2n) is 7.42. The minimum Gasteiger partial charge on any atom is -0.378 e. The molecule has 0 amide bonds. The van der Waals surface area contributed by atoms with Crippen LogP contribution in [0, 0.1) is 16.0 Å². The average molecular weight is 438 g/mol. The van der Waals surface area contributed by atoms with E-state index in [1.54, 1.807) is 0 Å². The molecule has 1 heterocycles. The SMILES string of the molecule is CC(C)C(CNc1ccc(S(=O)(=O)C(F)(F)F)cc1[N+](=O)[O-])N1CCN(C)CC1. The number of nitrogens with zero attached hydrogens (tertiary/aromatic N) is 3. The fraction of sp³-hybridized carbons (Fsp3) is 0.647. The van der Waals surface area contributed by atoms with Crippen LogP contribution in [0.25, 0.3) is 0 Å². The third-order valence-corrected chi connectivity index (χ3v) is 6.54. The van der Waals surface area contributed by atoms with E-state index in [0.717, 1.165) is 38.3 Å². The van der Waals surface area contributed by atoms with Gasteiger partial charge in [-0.3, -0.25) is 15.0 Å². The number of rotatable bonds is 7. The van der Waals surface area contributed by atoms with Gasteiger partial charge in [-0.15, -0.1) is 0 Å². The topological polar surface area (TPSA) is 95.8 Å². The van der Waals surface area contributed by atoms with Gasteiger partial charge < -0.3 is 10.2 Å². The molecule has 1 atom stereocenters. The minimum absolute atomic E-state index is 0.0177. The monoisotopic (exact) mass is 438 g/mol. The standard InChI is InChI=1S/C17H25F3N4O4S/c1-12(2)16(23-8-6-22(3)7-9-23)11-21-14-5-4-13(10-15(14)24(25)26)29(27,28)17(18,19)20/h4-5,10,12,16,21H,6-9,11H2,1-3H3. The van der Waals surface area contributed by atoms with Gasteiger partial charge in [0.15, 0.2) is 0 Å². The van der Waals surface area contributed by atoms with Crippen molar-refractivity contribution in [3.8, 4) is 0 Å². The lowest BCUT2D eigenvalue weighted by molar-refractivity contribution is -0.384. The summed E-state index contributed by atoms with van der Waals surface area (Å²) in [6.07, 6.45) is 0. The first-order chi connectivity index (χ1) is 13.3. The predicted octanol–water partition coefficient (Wildman–Crippen LogP) is 2.57. The molecular weight excluding hydrogens is 413 g/mol. The maximum atomic E-state index is 12.7. The number of piperazine rings is 1. The van der Waals surface area contributed by atoms with E-state index in [2.05, 4.69) is 15.1 Å². The Morgan fingerprint density at radius 2 is 1.79 bits per heavy atom. The van der Waals surface area contributed by atoms with E-state index in [1.807, 2.05) is 20.9 Å². The van der Waals surface area contributed by atoms with Crippen LogP contribution in [0.5, 0.6) is 0 Å². The zero-order valence-electron chi connectivity index (χ0n) is 16.4. The van der Waals surface area contributed by atoms with Gasteiger partial charge in [0.25, 0.3) is 15.5 Å². The van der Waals surface area contributed by atoms with E-state index in [-0.39, 0.29) is 17.6 Å². The van der Waals surface area contributed by atoms with Gasteiger partial charge in [-0.05, 0) is 25.1 Å². The van der Waals surface area contributed by atoms with Crippen molar-refractivity contribution in [2.45, 2.75) is 30.3 Å². The normalized spacial score (nSPS) is 18.0. The summed E-state index contributed by atoms with van der Waals surface area (Å²) in [6.45, 7) is 7.86. The quantitative estimate of drug-likeness (QED) is 0.516.